The molecule has 0 radical (unpaired) electrons. The maximum atomic E-state index is 12.6. The number of amides is 1. The van der Waals surface area contributed by atoms with Gasteiger partial charge in [-0.15, -0.1) is 0 Å². The van der Waals surface area contributed by atoms with Crippen LogP contribution in [0.3, 0.4) is 0 Å². The largest absolute Gasteiger partial charge is 0.378 e. The van der Waals surface area contributed by atoms with Crippen molar-refractivity contribution in [3.8, 4) is 0 Å². The number of hydrogen-bond acceptors (Lipinski definition) is 3. The molecule has 22 heavy (non-hydrogen) atoms. The fourth-order valence-corrected chi connectivity index (χ4v) is 2.82. The Morgan fingerprint density at radius 3 is 2.59 bits per heavy atom. The maximum Gasteiger partial charge on any atom is 0.280 e. The molecule has 0 N–H and O–H groups in total. The van der Waals surface area contributed by atoms with Crippen LogP contribution in [0.2, 0.25) is 5.02 Å². The molecule has 0 saturated carbocycles. The van der Waals surface area contributed by atoms with E-state index in [0.29, 0.717) is 10.6 Å². The highest BCUT2D eigenvalue weighted by Crippen LogP contribution is 2.26. The summed E-state index contributed by atoms with van der Waals surface area (Å²) in [6.45, 7) is 2.93. The van der Waals surface area contributed by atoms with Gasteiger partial charge >= 0.3 is 0 Å². The molecule has 1 saturated heterocycles. The summed E-state index contributed by atoms with van der Waals surface area (Å²) in [5.41, 5.74) is 3.36. The minimum atomic E-state index is -0.0997. The van der Waals surface area contributed by atoms with Gasteiger partial charge in [-0.05, 0) is 56.2 Å². The second-order valence-electron chi connectivity index (χ2n) is 5.54. The quantitative estimate of drug-likeness (QED) is 0.782. The second kappa shape index (κ2) is 5.97. The van der Waals surface area contributed by atoms with Crippen molar-refractivity contribution in [2.24, 2.45) is 5.10 Å². The van der Waals surface area contributed by atoms with E-state index in [-0.39, 0.29) is 5.91 Å². The van der Waals surface area contributed by atoms with Gasteiger partial charge in [-0.1, -0.05) is 11.6 Å². The molecule has 0 atom stereocenters. The van der Waals surface area contributed by atoms with Crippen molar-refractivity contribution in [2.45, 2.75) is 19.8 Å². The lowest BCUT2D eigenvalue weighted by Crippen LogP contribution is -2.21. The van der Waals surface area contributed by atoms with E-state index in [4.69, 9.17) is 11.6 Å². The van der Waals surface area contributed by atoms with Crippen LogP contribution in [-0.4, -0.2) is 30.1 Å². The fraction of sp³-hybridized carbons (Fsp3) is 0.294. The van der Waals surface area contributed by atoms with Crippen LogP contribution >= 0.6 is 11.6 Å². The molecule has 0 spiro atoms. The van der Waals surface area contributed by atoms with Gasteiger partial charge in [-0.3, -0.25) is 4.79 Å². The Hall–Kier alpha value is -2.07. The Kier molecular flexibility index (Phi) is 4.03. The summed E-state index contributed by atoms with van der Waals surface area (Å²) in [4.78, 5) is 14.8. The highest BCUT2D eigenvalue weighted by molar-refractivity contribution is 6.31. The van der Waals surface area contributed by atoms with Gasteiger partial charge in [0, 0.05) is 24.3 Å². The Labute approximate surface area is 135 Å². The van der Waals surface area contributed by atoms with Gasteiger partial charge in [0.1, 0.15) is 0 Å². The third-order valence-corrected chi connectivity index (χ3v) is 4.24. The van der Waals surface area contributed by atoms with E-state index in [0.717, 1.165) is 24.4 Å². The van der Waals surface area contributed by atoms with Crippen molar-refractivity contribution < 1.29 is 4.79 Å². The summed E-state index contributed by atoms with van der Waals surface area (Å²) in [7, 11) is 2.08. The van der Waals surface area contributed by atoms with Crippen molar-refractivity contribution in [3.05, 3.63) is 52.7 Å². The number of benzene rings is 1. The van der Waals surface area contributed by atoms with E-state index in [9.17, 15) is 4.79 Å². The molecular formula is C17H18ClN3O. The van der Waals surface area contributed by atoms with Gasteiger partial charge in [-0.2, -0.15) is 10.1 Å². The first-order valence-electron chi connectivity index (χ1n) is 7.34. The lowest BCUT2D eigenvalue weighted by molar-refractivity contribution is -0.114. The van der Waals surface area contributed by atoms with E-state index in [1.54, 1.807) is 24.3 Å². The molecule has 0 unspecified atom stereocenters. The molecular weight excluding hydrogens is 298 g/mol. The number of halogens is 1. The number of likely N-dealkylation sites (tertiary alicyclic amines) is 1. The van der Waals surface area contributed by atoms with Crippen LogP contribution in [0, 0.1) is 0 Å². The summed E-state index contributed by atoms with van der Waals surface area (Å²) >= 11 is 5.89. The zero-order chi connectivity index (χ0) is 15.7. The van der Waals surface area contributed by atoms with Gasteiger partial charge in [0.25, 0.3) is 5.91 Å². The van der Waals surface area contributed by atoms with Crippen molar-refractivity contribution in [2.75, 3.05) is 18.6 Å². The minimum absolute atomic E-state index is 0.0997. The van der Waals surface area contributed by atoms with Crippen LogP contribution in [0.25, 0.3) is 0 Å². The van der Waals surface area contributed by atoms with Crippen LogP contribution in [-0.2, 0) is 4.79 Å². The highest BCUT2D eigenvalue weighted by Gasteiger charge is 2.28. The lowest BCUT2D eigenvalue weighted by Gasteiger charge is -2.12. The summed E-state index contributed by atoms with van der Waals surface area (Å²) in [6.07, 6.45) is 6.15. The van der Waals surface area contributed by atoms with Crippen LogP contribution in [0.5, 0.6) is 0 Å². The monoisotopic (exact) mass is 315 g/mol. The van der Waals surface area contributed by atoms with Crippen molar-refractivity contribution in [1.82, 2.24) is 4.90 Å². The summed E-state index contributed by atoms with van der Waals surface area (Å²) in [5.74, 6) is -0.0997. The predicted molar refractivity (Wildman–Crippen MR) is 90.1 cm³/mol. The summed E-state index contributed by atoms with van der Waals surface area (Å²) in [5, 5.41) is 6.43. The molecule has 2 aliphatic heterocycles. The van der Waals surface area contributed by atoms with Gasteiger partial charge in [0.2, 0.25) is 0 Å². The Balaban J connectivity index is 1.85. The number of hydrogen-bond donors (Lipinski definition) is 0. The van der Waals surface area contributed by atoms with Crippen LogP contribution in [0.15, 0.2) is 52.8 Å². The maximum absolute atomic E-state index is 12.6. The van der Waals surface area contributed by atoms with Crippen LogP contribution in [0.1, 0.15) is 19.8 Å². The molecule has 1 amide bonds. The fourth-order valence-electron chi connectivity index (χ4n) is 2.69. The first kappa shape index (κ1) is 14.9. The van der Waals surface area contributed by atoms with Crippen molar-refractivity contribution >= 4 is 28.9 Å². The zero-order valence-electron chi connectivity index (χ0n) is 12.7. The Morgan fingerprint density at radius 1 is 1.23 bits per heavy atom. The number of carbonyl (C=O) groups is 1. The smallest absolute Gasteiger partial charge is 0.280 e. The first-order valence-corrected chi connectivity index (χ1v) is 7.71. The van der Waals surface area contributed by atoms with Gasteiger partial charge in [0.15, 0.2) is 0 Å². The Morgan fingerprint density at radius 2 is 1.95 bits per heavy atom. The SMILES string of the molecule is CC1=NN(c2ccc(Cl)cc2)C(=O)/C1=C/C=C1/CCCN1C. The molecule has 1 aromatic carbocycles. The van der Waals surface area contributed by atoms with Gasteiger partial charge < -0.3 is 4.90 Å². The average molecular weight is 316 g/mol. The van der Waals surface area contributed by atoms with E-state index < -0.39 is 0 Å². The van der Waals surface area contributed by atoms with Gasteiger partial charge in [0.05, 0.1) is 17.0 Å². The molecule has 1 fully saturated rings. The zero-order valence-corrected chi connectivity index (χ0v) is 13.5. The van der Waals surface area contributed by atoms with E-state index >= 15 is 0 Å². The standard InChI is InChI=1S/C17H18ClN3O/c1-12-16(10-9-14-4-3-11-20(14)2)17(22)21(19-12)15-7-5-13(18)6-8-15/h5-10H,3-4,11H2,1-2H3/b14-9-,16-10+. The molecule has 2 heterocycles. The lowest BCUT2D eigenvalue weighted by atomic mass is 10.1. The summed E-state index contributed by atoms with van der Waals surface area (Å²) < 4.78 is 0. The molecule has 0 aliphatic carbocycles. The normalized spacial score (nSPS) is 22.1. The van der Waals surface area contributed by atoms with Crippen molar-refractivity contribution in [3.63, 3.8) is 0 Å². The third kappa shape index (κ3) is 2.79. The molecule has 3 rings (SSSR count). The number of rotatable bonds is 2. The molecule has 0 aromatic heterocycles. The number of anilines is 1. The first-order chi connectivity index (χ1) is 10.6. The number of nitrogens with zero attached hydrogens (tertiary/aromatic N) is 3. The highest BCUT2D eigenvalue weighted by atomic mass is 35.5. The minimum Gasteiger partial charge on any atom is -0.378 e. The second-order valence-corrected chi connectivity index (χ2v) is 5.98. The summed E-state index contributed by atoms with van der Waals surface area (Å²) in [6, 6.07) is 7.10. The molecule has 2 aliphatic rings. The Bertz CT molecular complexity index is 688. The molecule has 4 nitrogen and oxygen atoms in total. The third-order valence-electron chi connectivity index (χ3n) is 3.99. The molecule has 5 heteroatoms. The topological polar surface area (TPSA) is 35.9 Å². The number of hydrazone groups is 1. The van der Waals surface area contributed by atoms with E-state index in [2.05, 4.69) is 17.0 Å². The molecule has 114 valence electrons. The van der Waals surface area contributed by atoms with Crippen LogP contribution in [0.4, 0.5) is 5.69 Å². The van der Waals surface area contributed by atoms with E-state index in [1.165, 1.54) is 17.1 Å². The van der Waals surface area contributed by atoms with Crippen molar-refractivity contribution in [1.29, 1.82) is 0 Å². The van der Waals surface area contributed by atoms with Gasteiger partial charge in [-0.25, -0.2) is 0 Å². The number of allylic oxidation sites excluding steroid dienone is 3. The molecule has 1 aromatic rings. The molecule has 0 bridgehead atoms. The van der Waals surface area contributed by atoms with Crippen LogP contribution < -0.4 is 5.01 Å². The number of carbonyl (C=O) groups excluding carboxylic acids is 1. The predicted octanol–water partition coefficient (Wildman–Crippen LogP) is 3.60. The van der Waals surface area contributed by atoms with E-state index in [1.807, 2.05) is 19.1 Å². The average Bonchev–Trinajstić information content (AvgIpc) is 3.02.